The molecule has 0 aliphatic carbocycles. The smallest absolute Gasteiger partial charge is 0.278 e. The quantitative estimate of drug-likeness (QED) is 0.800. The van der Waals surface area contributed by atoms with Crippen LogP contribution in [0, 0.1) is 0 Å². The Balaban J connectivity index is 2.05. The maximum atomic E-state index is 5.93. The van der Waals surface area contributed by atoms with Crippen LogP contribution in [-0.2, 0) is 0 Å². The average Bonchev–Trinajstić information content (AvgIpc) is 2.97. The molecule has 2 N–H and O–H groups in total. The molecule has 106 valence electrons. The van der Waals surface area contributed by atoms with Crippen molar-refractivity contribution < 1.29 is 9.26 Å². The van der Waals surface area contributed by atoms with Crippen molar-refractivity contribution in [2.24, 2.45) is 0 Å². The number of pyridine rings is 1. The van der Waals surface area contributed by atoms with Gasteiger partial charge in [-0.05, 0) is 30.3 Å². The molecular weight excluding hydrogens is 292 g/mol. The van der Waals surface area contributed by atoms with Crippen molar-refractivity contribution in [2.75, 3.05) is 12.8 Å². The molecule has 0 spiro atoms. The third kappa shape index (κ3) is 2.53. The number of hydrogen-bond donors (Lipinski definition) is 1. The van der Waals surface area contributed by atoms with E-state index >= 15 is 0 Å². The molecule has 7 heteroatoms. The van der Waals surface area contributed by atoms with Crippen molar-refractivity contribution in [3.05, 3.63) is 41.6 Å². The van der Waals surface area contributed by atoms with Gasteiger partial charge in [0.15, 0.2) is 5.69 Å². The molecule has 0 atom stereocenters. The minimum absolute atomic E-state index is 0.250. The van der Waals surface area contributed by atoms with Gasteiger partial charge in [0, 0.05) is 11.2 Å². The third-order valence-electron chi connectivity index (χ3n) is 2.87. The van der Waals surface area contributed by atoms with Crippen LogP contribution in [0.3, 0.4) is 0 Å². The lowest BCUT2D eigenvalue weighted by atomic mass is 10.2. The van der Waals surface area contributed by atoms with Crippen molar-refractivity contribution in [1.29, 1.82) is 0 Å². The molecule has 3 aromatic rings. The van der Waals surface area contributed by atoms with Gasteiger partial charge in [-0.25, -0.2) is 4.98 Å². The molecule has 0 aliphatic rings. The first-order chi connectivity index (χ1) is 10.2. The summed E-state index contributed by atoms with van der Waals surface area (Å²) in [5.41, 5.74) is 7.43. The van der Waals surface area contributed by atoms with Gasteiger partial charge in [-0.3, -0.25) is 0 Å². The predicted molar refractivity (Wildman–Crippen MR) is 78.9 cm³/mol. The fraction of sp³-hybridized carbons (Fsp3) is 0.0714. The number of rotatable bonds is 3. The summed E-state index contributed by atoms with van der Waals surface area (Å²) in [6.07, 6.45) is 1.61. The minimum atomic E-state index is 0.250. The zero-order chi connectivity index (χ0) is 14.8. The van der Waals surface area contributed by atoms with E-state index < -0.39 is 0 Å². The molecule has 0 saturated carbocycles. The number of nitrogen functional groups attached to an aromatic ring is 1. The molecule has 21 heavy (non-hydrogen) atoms. The Bertz CT molecular complexity index is 788. The maximum Gasteiger partial charge on any atom is 0.278 e. The fourth-order valence-corrected chi connectivity index (χ4v) is 2.04. The Morgan fingerprint density at radius 3 is 2.90 bits per heavy atom. The van der Waals surface area contributed by atoms with Gasteiger partial charge >= 0.3 is 0 Å². The van der Waals surface area contributed by atoms with E-state index in [2.05, 4.69) is 15.1 Å². The summed E-state index contributed by atoms with van der Waals surface area (Å²) in [6, 6.07) is 8.62. The highest BCUT2D eigenvalue weighted by atomic mass is 35.5. The number of hydrogen-bond acceptors (Lipinski definition) is 6. The summed E-state index contributed by atoms with van der Waals surface area (Å²) in [7, 11) is 1.55. The van der Waals surface area contributed by atoms with Gasteiger partial charge in [0.25, 0.3) is 5.89 Å². The Morgan fingerprint density at radius 1 is 1.29 bits per heavy atom. The summed E-state index contributed by atoms with van der Waals surface area (Å²) in [5.74, 6) is 1.19. The molecule has 3 rings (SSSR count). The topological polar surface area (TPSA) is 87.1 Å². The summed E-state index contributed by atoms with van der Waals surface area (Å²) in [5, 5.41) is 4.50. The second-order valence-corrected chi connectivity index (χ2v) is 4.65. The third-order valence-corrected chi connectivity index (χ3v) is 3.11. The van der Waals surface area contributed by atoms with E-state index in [1.54, 1.807) is 43.6 Å². The van der Waals surface area contributed by atoms with Gasteiger partial charge in [0.2, 0.25) is 5.82 Å². The summed E-state index contributed by atoms with van der Waals surface area (Å²) >= 11 is 5.93. The highest BCUT2D eigenvalue weighted by Gasteiger charge is 2.16. The van der Waals surface area contributed by atoms with Crippen LogP contribution in [0.2, 0.25) is 5.02 Å². The van der Waals surface area contributed by atoms with Crippen molar-refractivity contribution >= 4 is 17.3 Å². The maximum absolute atomic E-state index is 5.93. The molecule has 0 aliphatic heterocycles. The number of nitrogens with two attached hydrogens (primary N) is 1. The van der Waals surface area contributed by atoms with Crippen molar-refractivity contribution in [3.63, 3.8) is 0 Å². The molecule has 0 fully saturated rings. The summed E-state index contributed by atoms with van der Waals surface area (Å²) in [4.78, 5) is 8.45. The molecule has 0 radical (unpaired) electrons. The van der Waals surface area contributed by atoms with E-state index in [4.69, 9.17) is 26.6 Å². The molecule has 1 aromatic carbocycles. The van der Waals surface area contributed by atoms with E-state index in [1.807, 2.05) is 0 Å². The minimum Gasteiger partial charge on any atom is -0.496 e. The first-order valence-corrected chi connectivity index (χ1v) is 6.45. The Labute approximate surface area is 125 Å². The highest BCUT2D eigenvalue weighted by Crippen LogP contribution is 2.32. The van der Waals surface area contributed by atoms with Crippen LogP contribution in [0.1, 0.15) is 0 Å². The summed E-state index contributed by atoms with van der Waals surface area (Å²) < 4.78 is 10.5. The number of anilines is 1. The van der Waals surface area contributed by atoms with E-state index in [0.29, 0.717) is 33.5 Å². The largest absolute Gasteiger partial charge is 0.496 e. The molecule has 0 saturated heterocycles. The van der Waals surface area contributed by atoms with Crippen molar-refractivity contribution in [2.45, 2.75) is 0 Å². The first-order valence-electron chi connectivity index (χ1n) is 6.07. The average molecular weight is 303 g/mol. The Morgan fingerprint density at radius 2 is 2.14 bits per heavy atom. The van der Waals surface area contributed by atoms with Crippen LogP contribution < -0.4 is 10.5 Å². The van der Waals surface area contributed by atoms with Crippen molar-refractivity contribution in [1.82, 2.24) is 15.1 Å². The normalized spacial score (nSPS) is 10.6. The molecule has 0 amide bonds. The van der Waals surface area contributed by atoms with E-state index in [1.165, 1.54) is 0 Å². The van der Waals surface area contributed by atoms with Gasteiger partial charge in [-0.15, -0.1) is 0 Å². The summed E-state index contributed by atoms with van der Waals surface area (Å²) in [6.45, 7) is 0. The predicted octanol–water partition coefficient (Wildman–Crippen LogP) is 3.04. The van der Waals surface area contributed by atoms with Gasteiger partial charge < -0.3 is 15.0 Å². The second-order valence-electron chi connectivity index (χ2n) is 4.21. The zero-order valence-electron chi connectivity index (χ0n) is 11.1. The SMILES string of the molecule is COc1cc(Cl)ccc1-c1noc(-c2ncccc2N)n1. The van der Waals surface area contributed by atoms with Crippen LogP contribution in [0.15, 0.2) is 41.1 Å². The van der Waals surface area contributed by atoms with E-state index in [9.17, 15) is 0 Å². The van der Waals surface area contributed by atoms with Crippen LogP contribution in [0.5, 0.6) is 5.75 Å². The van der Waals surface area contributed by atoms with Crippen LogP contribution >= 0.6 is 11.6 Å². The number of benzene rings is 1. The van der Waals surface area contributed by atoms with Gasteiger partial charge in [0.05, 0.1) is 18.4 Å². The van der Waals surface area contributed by atoms with Gasteiger partial charge in [-0.1, -0.05) is 16.8 Å². The van der Waals surface area contributed by atoms with E-state index in [0.717, 1.165) is 0 Å². The molecular formula is C14H11ClN4O2. The lowest BCUT2D eigenvalue weighted by Gasteiger charge is -2.04. The Hall–Kier alpha value is -2.60. The van der Waals surface area contributed by atoms with Crippen molar-refractivity contribution in [3.8, 4) is 28.7 Å². The molecule has 2 heterocycles. The number of methoxy groups -OCH3 is 1. The van der Waals surface area contributed by atoms with Crippen LogP contribution in [0.4, 0.5) is 5.69 Å². The first kappa shape index (κ1) is 13.4. The highest BCUT2D eigenvalue weighted by molar-refractivity contribution is 6.30. The number of ether oxygens (including phenoxy) is 1. The van der Waals surface area contributed by atoms with Crippen LogP contribution in [-0.4, -0.2) is 22.2 Å². The molecule has 0 bridgehead atoms. The number of nitrogens with zero attached hydrogens (tertiary/aromatic N) is 3. The van der Waals surface area contributed by atoms with Gasteiger partial charge in [-0.2, -0.15) is 4.98 Å². The van der Waals surface area contributed by atoms with E-state index in [-0.39, 0.29) is 5.89 Å². The molecule has 0 unspecified atom stereocenters. The monoisotopic (exact) mass is 302 g/mol. The zero-order valence-corrected chi connectivity index (χ0v) is 11.8. The lowest BCUT2D eigenvalue weighted by Crippen LogP contribution is -1.93. The lowest BCUT2D eigenvalue weighted by molar-refractivity contribution is 0.413. The second kappa shape index (κ2) is 5.41. The van der Waals surface area contributed by atoms with Gasteiger partial charge in [0.1, 0.15) is 5.75 Å². The Kier molecular flexibility index (Phi) is 3.45. The molecule has 2 aromatic heterocycles. The fourth-order valence-electron chi connectivity index (χ4n) is 1.88. The van der Waals surface area contributed by atoms with Crippen LogP contribution in [0.25, 0.3) is 23.0 Å². The number of aromatic nitrogens is 3. The molecule has 6 nitrogen and oxygen atoms in total. The standard InChI is InChI=1S/C14H11ClN4O2/c1-20-11-7-8(15)4-5-9(11)13-18-14(21-19-13)12-10(16)3-2-6-17-12/h2-7H,16H2,1H3. The number of halogens is 1.